The fraction of sp³-hybridized carbons (Fsp3) is 0.100. The summed E-state index contributed by atoms with van der Waals surface area (Å²) in [5.74, 6) is -0.655. The summed E-state index contributed by atoms with van der Waals surface area (Å²) in [5.41, 5.74) is 4.66. The number of carboxylic acid groups (broad SMARTS) is 1. The Labute approximate surface area is 150 Å². The fourth-order valence-corrected chi connectivity index (χ4v) is 2.54. The van der Waals surface area contributed by atoms with Crippen LogP contribution in [0.5, 0.6) is 0 Å². The van der Waals surface area contributed by atoms with Crippen LogP contribution < -0.4 is 5.43 Å². The standard InChI is InChI=1S/C20H18N4O2/c1-14(11-15-7-3-2-4-8-15)12-18(20(25)26)22-24-19-17-10-6-5-9-16(17)13-21-23-19/h2-11,13H,12H2,1H3,(H,23,24)(H,25,26)/b14-11-,22-18+. The van der Waals surface area contributed by atoms with E-state index in [-0.39, 0.29) is 12.1 Å². The number of hydrogen-bond acceptors (Lipinski definition) is 5. The van der Waals surface area contributed by atoms with Gasteiger partial charge in [0, 0.05) is 17.2 Å². The van der Waals surface area contributed by atoms with Gasteiger partial charge in [0.15, 0.2) is 5.82 Å². The lowest BCUT2D eigenvalue weighted by atomic mass is 10.1. The van der Waals surface area contributed by atoms with E-state index in [2.05, 4.69) is 20.7 Å². The van der Waals surface area contributed by atoms with Crippen molar-refractivity contribution in [2.24, 2.45) is 5.10 Å². The van der Waals surface area contributed by atoms with Crippen molar-refractivity contribution in [3.05, 3.63) is 71.9 Å². The second kappa shape index (κ2) is 8.02. The molecule has 3 rings (SSSR count). The summed E-state index contributed by atoms with van der Waals surface area (Å²) >= 11 is 0. The molecule has 0 radical (unpaired) electrons. The molecule has 6 heteroatoms. The summed E-state index contributed by atoms with van der Waals surface area (Å²) in [7, 11) is 0. The van der Waals surface area contributed by atoms with Gasteiger partial charge in [-0.15, -0.1) is 5.10 Å². The molecule has 2 aromatic carbocycles. The van der Waals surface area contributed by atoms with Gasteiger partial charge < -0.3 is 5.11 Å². The lowest BCUT2D eigenvalue weighted by molar-refractivity contribution is -0.129. The number of aliphatic carboxylic acids is 1. The molecule has 26 heavy (non-hydrogen) atoms. The number of aromatic nitrogens is 2. The third-order valence-corrected chi connectivity index (χ3v) is 3.77. The number of carboxylic acids is 1. The summed E-state index contributed by atoms with van der Waals surface area (Å²) in [6.45, 7) is 1.88. The van der Waals surface area contributed by atoms with Crippen LogP contribution in [0.15, 0.2) is 71.5 Å². The number of allylic oxidation sites excluding steroid dienone is 1. The molecule has 6 nitrogen and oxygen atoms in total. The van der Waals surface area contributed by atoms with Gasteiger partial charge in [-0.1, -0.05) is 66.2 Å². The van der Waals surface area contributed by atoms with Crippen LogP contribution >= 0.6 is 0 Å². The maximum Gasteiger partial charge on any atom is 0.352 e. The zero-order valence-corrected chi connectivity index (χ0v) is 14.3. The normalized spacial score (nSPS) is 12.2. The molecule has 0 fully saturated rings. The molecule has 0 saturated heterocycles. The Hall–Kier alpha value is -3.54. The highest BCUT2D eigenvalue weighted by molar-refractivity contribution is 6.36. The lowest BCUT2D eigenvalue weighted by Gasteiger charge is -2.06. The van der Waals surface area contributed by atoms with E-state index in [1.165, 1.54) is 0 Å². The predicted octanol–water partition coefficient (Wildman–Crippen LogP) is 3.98. The Morgan fingerprint density at radius 2 is 1.88 bits per heavy atom. The SMILES string of the molecule is C/C(=C/c1ccccc1)C/C(=N\Nc1nncc2ccccc12)C(=O)O. The highest BCUT2D eigenvalue weighted by Gasteiger charge is 2.11. The van der Waals surface area contributed by atoms with Gasteiger partial charge in [-0.25, -0.2) is 4.79 Å². The lowest BCUT2D eigenvalue weighted by Crippen LogP contribution is -2.15. The smallest absolute Gasteiger partial charge is 0.352 e. The summed E-state index contributed by atoms with van der Waals surface area (Å²) in [6.07, 6.45) is 3.81. The molecule has 0 aliphatic carbocycles. The summed E-state index contributed by atoms with van der Waals surface area (Å²) in [4.78, 5) is 11.5. The van der Waals surface area contributed by atoms with Gasteiger partial charge in [0.2, 0.25) is 0 Å². The van der Waals surface area contributed by atoms with Crippen LogP contribution in [0.4, 0.5) is 5.82 Å². The first-order valence-corrected chi connectivity index (χ1v) is 8.12. The van der Waals surface area contributed by atoms with Crippen molar-refractivity contribution in [2.75, 3.05) is 5.43 Å². The molecule has 0 amide bonds. The third-order valence-electron chi connectivity index (χ3n) is 3.77. The molecule has 3 aromatic rings. The number of fused-ring (bicyclic) bond motifs is 1. The molecule has 0 unspecified atom stereocenters. The zero-order chi connectivity index (χ0) is 18.4. The molecular formula is C20H18N4O2. The van der Waals surface area contributed by atoms with E-state index in [4.69, 9.17) is 0 Å². The average Bonchev–Trinajstić information content (AvgIpc) is 2.65. The molecule has 2 N–H and O–H groups in total. The number of hydrazone groups is 1. The Morgan fingerprint density at radius 1 is 1.15 bits per heavy atom. The van der Waals surface area contributed by atoms with Gasteiger partial charge >= 0.3 is 5.97 Å². The number of carbonyl (C=O) groups is 1. The number of hydrogen-bond donors (Lipinski definition) is 2. The van der Waals surface area contributed by atoms with Gasteiger partial charge in [-0.3, -0.25) is 5.43 Å². The highest BCUT2D eigenvalue weighted by atomic mass is 16.4. The first-order valence-electron chi connectivity index (χ1n) is 8.12. The van der Waals surface area contributed by atoms with E-state index in [9.17, 15) is 9.90 Å². The van der Waals surface area contributed by atoms with Crippen LogP contribution in [-0.2, 0) is 4.79 Å². The second-order valence-electron chi connectivity index (χ2n) is 5.83. The van der Waals surface area contributed by atoms with Crippen molar-refractivity contribution in [3.63, 3.8) is 0 Å². The number of nitrogens with one attached hydrogen (secondary N) is 1. The molecule has 0 spiro atoms. The monoisotopic (exact) mass is 346 g/mol. The van der Waals surface area contributed by atoms with Crippen molar-refractivity contribution in [1.29, 1.82) is 0 Å². The van der Waals surface area contributed by atoms with Crippen molar-refractivity contribution in [3.8, 4) is 0 Å². The van der Waals surface area contributed by atoms with Gasteiger partial charge in [0.1, 0.15) is 5.71 Å². The molecule has 1 heterocycles. The minimum absolute atomic E-state index is 0.00409. The van der Waals surface area contributed by atoms with Gasteiger partial charge in [-0.05, 0) is 12.5 Å². The van der Waals surface area contributed by atoms with E-state index in [0.717, 1.165) is 21.9 Å². The maximum atomic E-state index is 11.5. The molecule has 0 saturated carbocycles. The summed E-state index contributed by atoms with van der Waals surface area (Å²) < 4.78 is 0. The molecular weight excluding hydrogens is 328 g/mol. The first kappa shape index (κ1) is 17.3. The Morgan fingerprint density at radius 3 is 2.65 bits per heavy atom. The van der Waals surface area contributed by atoms with E-state index >= 15 is 0 Å². The van der Waals surface area contributed by atoms with E-state index < -0.39 is 5.97 Å². The van der Waals surface area contributed by atoms with Crippen LogP contribution in [-0.4, -0.2) is 27.0 Å². The predicted molar refractivity (Wildman–Crippen MR) is 103 cm³/mol. The average molecular weight is 346 g/mol. The molecule has 1 aromatic heterocycles. The maximum absolute atomic E-state index is 11.5. The van der Waals surface area contributed by atoms with Crippen molar-refractivity contribution < 1.29 is 9.90 Å². The number of anilines is 1. The van der Waals surface area contributed by atoms with Crippen LogP contribution in [0.1, 0.15) is 18.9 Å². The van der Waals surface area contributed by atoms with E-state index in [1.807, 2.05) is 67.6 Å². The topological polar surface area (TPSA) is 87.5 Å². The fourth-order valence-electron chi connectivity index (χ4n) is 2.54. The third kappa shape index (κ3) is 4.30. The first-order chi connectivity index (χ1) is 12.6. The van der Waals surface area contributed by atoms with Gasteiger partial charge in [0.25, 0.3) is 0 Å². The minimum atomic E-state index is -1.08. The Kier molecular flexibility index (Phi) is 5.34. The van der Waals surface area contributed by atoms with Crippen molar-refractivity contribution >= 4 is 34.3 Å². The summed E-state index contributed by atoms with van der Waals surface area (Å²) in [5, 5.41) is 23.1. The molecule has 0 bridgehead atoms. The number of benzene rings is 2. The minimum Gasteiger partial charge on any atom is -0.477 e. The number of nitrogens with zero attached hydrogens (tertiary/aromatic N) is 3. The van der Waals surface area contributed by atoms with Crippen molar-refractivity contribution in [2.45, 2.75) is 13.3 Å². The molecule has 130 valence electrons. The van der Waals surface area contributed by atoms with E-state index in [1.54, 1.807) is 6.20 Å². The zero-order valence-electron chi connectivity index (χ0n) is 14.3. The van der Waals surface area contributed by atoms with Crippen LogP contribution in [0.2, 0.25) is 0 Å². The summed E-state index contributed by atoms with van der Waals surface area (Å²) in [6, 6.07) is 17.3. The van der Waals surface area contributed by atoms with Gasteiger partial charge in [-0.2, -0.15) is 10.2 Å². The quantitative estimate of drug-likeness (QED) is 0.521. The Bertz CT molecular complexity index is 976. The van der Waals surface area contributed by atoms with Gasteiger partial charge in [0.05, 0.1) is 6.20 Å². The Balaban J connectivity index is 1.81. The van der Waals surface area contributed by atoms with Crippen LogP contribution in [0.3, 0.4) is 0 Å². The number of rotatable bonds is 6. The molecule has 0 atom stereocenters. The van der Waals surface area contributed by atoms with E-state index in [0.29, 0.717) is 5.82 Å². The second-order valence-corrected chi connectivity index (χ2v) is 5.83. The molecule has 0 aliphatic rings. The van der Waals surface area contributed by atoms with Crippen molar-refractivity contribution in [1.82, 2.24) is 10.2 Å². The highest BCUT2D eigenvalue weighted by Crippen LogP contribution is 2.19. The largest absolute Gasteiger partial charge is 0.477 e. The van der Waals surface area contributed by atoms with Crippen LogP contribution in [0, 0.1) is 0 Å². The van der Waals surface area contributed by atoms with Crippen LogP contribution in [0.25, 0.3) is 16.8 Å². The molecule has 0 aliphatic heterocycles.